The molecule has 2 aromatic heterocycles. The summed E-state index contributed by atoms with van der Waals surface area (Å²) in [5.74, 6) is 6.48. The summed E-state index contributed by atoms with van der Waals surface area (Å²) in [5.41, 5.74) is 1.75. The van der Waals surface area contributed by atoms with Crippen LogP contribution < -0.4 is 9.46 Å². The van der Waals surface area contributed by atoms with Gasteiger partial charge in [-0.2, -0.15) is 0 Å². The van der Waals surface area contributed by atoms with E-state index in [0.717, 1.165) is 0 Å². The molecule has 0 bridgehead atoms. The van der Waals surface area contributed by atoms with Crippen LogP contribution in [0.3, 0.4) is 0 Å². The van der Waals surface area contributed by atoms with Gasteiger partial charge in [0.1, 0.15) is 10.6 Å². The molecule has 0 amide bonds. The Balaban J connectivity index is 1.77. The molecule has 2 aromatic carbocycles. The first kappa shape index (κ1) is 20.7. The molecule has 0 aliphatic heterocycles. The average Bonchev–Trinajstić information content (AvgIpc) is 2.78. The molecule has 0 aliphatic carbocycles. The van der Waals surface area contributed by atoms with E-state index in [-0.39, 0.29) is 10.6 Å². The highest BCUT2D eigenvalue weighted by atomic mass is 35.5. The van der Waals surface area contributed by atoms with Crippen molar-refractivity contribution in [1.29, 1.82) is 0 Å². The van der Waals surface area contributed by atoms with Crippen LogP contribution in [-0.4, -0.2) is 25.5 Å². The summed E-state index contributed by atoms with van der Waals surface area (Å²) in [5, 5.41) is 0.970. The zero-order chi connectivity index (χ0) is 21.8. The van der Waals surface area contributed by atoms with Crippen LogP contribution in [-0.2, 0) is 10.0 Å². The van der Waals surface area contributed by atoms with E-state index in [1.165, 1.54) is 25.4 Å². The number of sulfonamides is 1. The number of aromatic nitrogens is 2. The molecule has 0 unspecified atom stereocenters. The van der Waals surface area contributed by atoms with Crippen LogP contribution >= 0.6 is 11.6 Å². The lowest BCUT2D eigenvalue weighted by Crippen LogP contribution is -2.15. The summed E-state index contributed by atoms with van der Waals surface area (Å²) < 4.78 is 34.4. The zero-order valence-electron chi connectivity index (χ0n) is 16.3. The van der Waals surface area contributed by atoms with E-state index >= 15 is 0 Å². The Morgan fingerprint density at radius 1 is 1.03 bits per heavy atom. The molecule has 4 rings (SSSR count). The van der Waals surface area contributed by atoms with Crippen LogP contribution in [0.5, 0.6) is 5.75 Å². The first-order chi connectivity index (χ1) is 15.0. The number of anilines is 1. The van der Waals surface area contributed by atoms with Gasteiger partial charge >= 0.3 is 0 Å². The Kier molecular flexibility index (Phi) is 5.76. The number of halogens is 1. The molecule has 0 atom stereocenters. The van der Waals surface area contributed by atoms with Crippen molar-refractivity contribution in [3.63, 3.8) is 0 Å². The molecule has 1 N–H and O–H groups in total. The second kappa shape index (κ2) is 8.64. The molecular weight excluding hydrogens is 434 g/mol. The normalized spacial score (nSPS) is 10.9. The second-order valence-corrected chi connectivity index (χ2v) is 8.54. The fourth-order valence-corrected chi connectivity index (χ4v) is 4.41. The summed E-state index contributed by atoms with van der Waals surface area (Å²) in [6, 6.07) is 15.0. The lowest BCUT2D eigenvalue weighted by Gasteiger charge is -2.13. The maximum atomic E-state index is 13.3. The Bertz CT molecular complexity index is 1430. The number of methoxy groups -OCH3 is 1. The monoisotopic (exact) mass is 449 g/mol. The number of fused-ring (bicyclic) bond motifs is 1. The molecule has 8 heteroatoms. The van der Waals surface area contributed by atoms with Crippen molar-refractivity contribution >= 4 is 38.2 Å². The van der Waals surface area contributed by atoms with Crippen molar-refractivity contribution in [3.05, 3.63) is 89.3 Å². The van der Waals surface area contributed by atoms with Gasteiger partial charge in [0.15, 0.2) is 0 Å². The van der Waals surface area contributed by atoms with E-state index in [1.807, 2.05) is 6.07 Å². The van der Waals surface area contributed by atoms with Gasteiger partial charge in [-0.3, -0.25) is 14.7 Å². The van der Waals surface area contributed by atoms with Gasteiger partial charge < -0.3 is 4.74 Å². The van der Waals surface area contributed by atoms with Crippen molar-refractivity contribution in [1.82, 2.24) is 9.97 Å². The molecule has 0 saturated carbocycles. The van der Waals surface area contributed by atoms with E-state index in [0.29, 0.717) is 32.8 Å². The Labute approximate surface area is 184 Å². The number of benzene rings is 2. The van der Waals surface area contributed by atoms with Crippen molar-refractivity contribution < 1.29 is 13.2 Å². The number of pyridine rings is 2. The van der Waals surface area contributed by atoms with Crippen molar-refractivity contribution in [3.8, 4) is 17.6 Å². The molecule has 0 radical (unpaired) electrons. The summed E-state index contributed by atoms with van der Waals surface area (Å²) >= 11 is 6.12. The van der Waals surface area contributed by atoms with Crippen molar-refractivity contribution in [2.24, 2.45) is 0 Å². The van der Waals surface area contributed by atoms with E-state index in [9.17, 15) is 8.42 Å². The fourth-order valence-electron chi connectivity index (χ4n) is 3.00. The molecule has 6 nitrogen and oxygen atoms in total. The maximum Gasteiger partial charge on any atom is 0.264 e. The molecule has 31 heavy (non-hydrogen) atoms. The third-order valence-corrected chi connectivity index (χ3v) is 6.06. The topological polar surface area (TPSA) is 81.2 Å². The molecule has 2 heterocycles. The molecule has 154 valence electrons. The summed E-state index contributed by atoms with van der Waals surface area (Å²) in [4.78, 5) is 8.30. The number of ether oxygens (including phenoxy) is 1. The zero-order valence-corrected chi connectivity index (χ0v) is 17.9. The van der Waals surface area contributed by atoms with Crippen molar-refractivity contribution in [2.75, 3.05) is 11.8 Å². The van der Waals surface area contributed by atoms with Crippen LogP contribution in [0.4, 0.5) is 5.69 Å². The first-order valence-electron chi connectivity index (χ1n) is 9.14. The van der Waals surface area contributed by atoms with Crippen LogP contribution in [0.15, 0.2) is 78.1 Å². The highest BCUT2D eigenvalue weighted by Crippen LogP contribution is 2.31. The van der Waals surface area contributed by atoms with Crippen LogP contribution in [0.2, 0.25) is 5.02 Å². The standard InChI is InChI=1S/C23H16ClN3O3S/c1-30-21-10-11-22(23-19(21)5-3-13-26-23)31(28,29)27-20-14-18(24)9-8-17(20)7-6-16-4-2-12-25-15-16/h2-5,8-15,27H,1H3. The lowest BCUT2D eigenvalue weighted by molar-refractivity contribution is 0.419. The first-order valence-corrected chi connectivity index (χ1v) is 11.0. The average molecular weight is 450 g/mol. The molecule has 0 saturated heterocycles. The largest absolute Gasteiger partial charge is 0.496 e. The minimum absolute atomic E-state index is 0.0232. The quantitative estimate of drug-likeness (QED) is 0.464. The van der Waals surface area contributed by atoms with Gasteiger partial charge in [0, 0.05) is 40.1 Å². The van der Waals surface area contributed by atoms with Crippen LogP contribution in [0, 0.1) is 11.8 Å². The Morgan fingerprint density at radius 3 is 2.65 bits per heavy atom. The van der Waals surface area contributed by atoms with E-state index in [4.69, 9.17) is 16.3 Å². The third kappa shape index (κ3) is 4.45. The highest BCUT2D eigenvalue weighted by molar-refractivity contribution is 7.93. The number of hydrogen-bond donors (Lipinski definition) is 1. The fraction of sp³-hybridized carbons (Fsp3) is 0.0435. The second-order valence-electron chi connectivity index (χ2n) is 6.45. The minimum Gasteiger partial charge on any atom is -0.496 e. The van der Waals surface area contributed by atoms with E-state index in [2.05, 4.69) is 26.5 Å². The summed E-state index contributed by atoms with van der Waals surface area (Å²) in [6.45, 7) is 0. The van der Waals surface area contributed by atoms with Crippen molar-refractivity contribution in [2.45, 2.75) is 4.90 Å². The number of rotatable bonds is 4. The van der Waals surface area contributed by atoms with E-state index < -0.39 is 10.0 Å². The van der Waals surface area contributed by atoms with E-state index in [1.54, 1.807) is 48.8 Å². The minimum atomic E-state index is -3.99. The van der Waals surface area contributed by atoms with Crippen LogP contribution in [0.1, 0.15) is 11.1 Å². The predicted molar refractivity (Wildman–Crippen MR) is 121 cm³/mol. The highest BCUT2D eigenvalue weighted by Gasteiger charge is 2.21. The van der Waals surface area contributed by atoms with Gasteiger partial charge in [-0.05, 0) is 54.6 Å². The van der Waals surface area contributed by atoms with Gasteiger partial charge in [0.2, 0.25) is 0 Å². The van der Waals surface area contributed by atoms with Gasteiger partial charge in [-0.15, -0.1) is 0 Å². The predicted octanol–water partition coefficient (Wildman–Crippen LogP) is 4.49. The number of nitrogens with zero attached hydrogens (tertiary/aromatic N) is 2. The smallest absolute Gasteiger partial charge is 0.264 e. The van der Waals surface area contributed by atoms with Crippen LogP contribution in [0.25, 0.3) is 10.9 Å². The summed E-state index contributed by atoms with van der Waals surface area (Å²) in [7, 11) is -2.47. The molecule has 4 aromatic rings. The summed E-state index contributed by atoms with van der Waals surface area (Å²) in [6.07, 6.45) is 4.81. The molecule has 0 fully saturated rings. The molecule has 0 spiro atoms. The molecule has 0 aliphatic rings. The Morgan fingerprint density at radius 2 is 1.87 bits per heavy atom. The lowest BCUT2D eigenvalue weighted by atomic mass is 10.1. The van der Waals surface area contributed by atoms with Gasteiger partial charge in [-0.25, -0.2) is 8.42 Å². The Hall–Kier alpha value is -3.60. The number of hydrogen-bond acceptors (Lipinski definition) is 5. The van der Waals surface area contributed by atoms with Gasteiger partial charge in [-0.1, -0.05) is 23.4 Å². The van der Waals surface area contributed by atoms with Gasteiger partial charge in [0.05, 0.1) is 18.3 Å². The van der Waals surface area contributed by atoms with Gasteiger partial charge in [0.25, 0.3) is 10.0 Å². The SMILES string of the molecule is COc1ccc(S(=O)(=O)Nc2cc(Cl)ccc2C#Cc2cccnc2)c2ncccc12. The number of nitrogens with one attached hydrogen (secondary N) is 1. The molecular formula is C23H16ClN3O3S. The maximum absolute atomic E-state index is 13.3. The third-order valence-electron chi connectivity index (χ3n) is 4.43.